The highest BCUT2D eigenvalue weighted by atomic mass is 32.1. The number of nitrogens with zero attached hydrogens (tertiary/aromatic N) is 4. The third-order valence-electron chi connectivity index (χ3n) is 5.04. The Bertz CT molecular complexity index is 613. The highest BCUT2D eigenvalue weighted by molar-refractivity contribution is 7.16. The molecule has 2 aromatic rings. The maximum Gasteiger partial charge on any atom is 0.234 e. The molecule has 1 N–H and O–H groups in total. The molecule has 0 amide bonds. The molecule has 2 aromatic heterocycles. The number of rotatable bonds is 2. The number of aromatic nitrogens is 4. The highest BCUT2D eigenvalue weighted by Gasteiger charge is 2.28. The Morgan fingerprint density at radius 2 is 1.95 bits per heavy atom. The standard InChI is InChI=1S/C15H23N5S/c1-10-6-5-9-16-12(10)14-19-20-13(17-18-15(20)21-14)11-7-3-2-4-8-11/h10-12,16H,2-9H2,1H3. The van der Waals surface area contributed by atoms with Gasteiger partial charge in [0, 0.05) is 5.92 Å². The van der Waals surface area contributed by atoms with Gasteiger partial charge in [0.2, 0.25) is 4.96 Å². The molecule has 5 nitrogen and oxygen atoms in total. The van der Waals surface area contributed by atoms with Crippen LogP contribution < -0.4 is 5.32 Å². The van der Waals surface area contributed by atoms with Crippen LogP contribution in [-0.4, -0.2) is 26.4 Å². The van der Waals surface area contributed by atoms with Crippen LogP contribution in [0.5, 0.6) is 0 Å². The minimum absolute atomic E-state index is 0.393. The SMILES string of the molecule is CC1CCCNC1c1nn2c(C3CCCCC3)nnc2s1. The van der Waals surface area contributed by atoms with Crippen LogP contribution in [0.2, 0.25) is 0 Å². The molecular formula is C15H23N5S. The van der Waals surface area contributed by atoms with Crippen molar-refractivity contribution in [2.75, 3.05) is 6.54 Å². The van der Waals surface area contributed by atoms with Crippen molar-refractivity contribution in [3.63, 3.8) is 0 Å². The number of piperidine rings is 1. The van der Waals surface area contributed by atoms with Gasteiger partial charge in [-0.25, -0.2) is 0 Å². The fourth-order valence-corrected chi connectivity index (χ4v) is 4.82. The summed E-state index contributed by atoms with van der Waals surface area (Å²) in [6.07, 6.45) is 9.04. The van der Waals surface area contributed by atoms with Gasteiger partial charge in [0.05, 0.1) is 6.04 Å². The van der Waals surface area contributed by atoms with Crippen molar-refractivity contribution < 1.29 is 0 Å². The fourth-order valence-electron chi connectivity index (χ4n) is 3.77. The summed E-state index contributed by atoms with van der Waals surface area (Å²) in [5, 5.41) is 18.5. The molecule has 2 fully saturated rings. The monoisotopic (exact) mass is 305 g/mol. The van der Waals surface area contributed by atoms with Gasteiger partial charge >= 0.3 is 0 Å². The molecule has 0 spiro atoms. The molecule has 21 heavy (non-hydrogen) atoms. The van der Waals surface area contributed by atoms with Crippen molar-refractivity contribution in [3.05, 3.63) is 10.8 Å². The van der Waals surface area contributed by atoms with Gasteiger partial charge in [0.1, 0.15) is 5.01 Å². The lowest BCUT2D eigenvalue weighted by molar-refractivity contribution is 0.303. The van der Waals surface area contributed by atoms with Crippen LogP contribution in [0.15, 0.2) is 0 Å². The van der Waals surface area contributed by atoms with Crippen molar-refractivity contribution in [2.45, 2.75) is 63.8 Å². The van der Waals surface area contributed by atoms with E-state index in [0.29, 0.717) is 17.9 Å². The largest absolute Gasteiger partial charge is 0.308 e. The van der Waals surface area contributed by atoms with E-state index >= 15 is 0 Å². The third-order valence-corrected chi connectivity index (χ3v) is 6.02. The van der Waals surface area contributed by atoms with E-state index in [1.54, 1.807) is 11.3 Å². The molecule has 0 bridgehead atoms. The molecule has 4 rings (SSSR count). The maximum atomic E-state index is 4.87. The van der Waals surface area contributed by atoms with Gasteiger partial charge in [-0.05, 0) is 38.1 Å². The summed E-state index contributed by atoms with van der Waals surface area (Å²) in [7, 11) is 0. The molecule has 0 radical (unpaired) electrons. The summed E-state index contributed by atoms with van der Waals surface area (Å²) in [5.74, 6) is 2.30. The van der Waals surface area contributed by atoms with Crippen LogP contribution >= 0.6 is 11.3 Å². The highest BCUT2D eigenvalue weighted by Crippen LogP contribution is 2.35. The maximum absolute atomic E-state index is 4.87. The number of nitrogens with one attached hydrogen (secondary N) is 1. The molecule has 0 aromatic carbocycles. The molecule has 1 saturated carbocycles. The Morgan fingerprint density at radius 3 is 2.76 bits per heavy atom. The summed E-state index contributed by atoms with van der Waals surface area (Å²) < 4.78 is 2.03. The lowest BCUT2D eigenvalue weighted by Gasteiger charge is -2.27. The van der Waals surface area contributed by atoms with Crippen LogP contribution in [0, 0.1) is 5.92 Å². The summed E-state index contributed by atoms with van der Waals surface area (Å²) >= 11 is 1.71. The van der Waals surface area contributed by atoms with Gasteiger partial charge in [0.25, 0.3) is 0 Å². The Balaban J connectivity index is 1.65. The predicted octanol–water partition coefficient (Wildman–Crippen LogP) is 3.29. The van der Waals surface area contributed by atoms with E-state index in [9.17, 15) is 0 Å². The van der Waals surface area contributed by atoms with Gasteiger partial charge in [-0.15, -0.1) is 10.2 Å². The van der Waals surface area contributed by atoms with Crippen molar-refractivity contribution in [1.82, 2.24) is 25.1 Å². The number of fused-ring (bicyclic) bond motifs is 1. The van der Waals surface area contributed by atoms with E-state index in [2.05, 4.69) is 22.4 Å². The molecule has 2 aliphatic rings. The van der Waals surface area contributed by atoms with Gasteiger partial charge in [-0.3, -0.25) is 0 Å². The molecule has 114 valence electrons. The average Bonchev–Trinajstić information content (AvgIpc) is 3.08. The third kappa shape index (κ3) is 2.48. The first-order valence-corrected chi connectivity index (χ1v) is 9.10. The summed E-state index contributed by atoms with van der Waals surface area (Å²) in [4.78, 5) is 0.963. The van der Waals surface area contributed by atoms with Crippen LogP contribution in [0.4, 0.5) is 0 Å². The second-order valence-electron chi connectivity index (χ2n) is 6.58. The van der Waals surface area contributed by atoms with E-state index in [0.717, 1.165) is 17.3 Å². The molecular weight excluding hydrogens is 282 g/mol. The second-order valence-corrected chi connectivity index (χ2v) is 7.57. The van der Waals surface area contributed by atoms with Crippen molar-refractivity contribution >= 4 is 16.3 Å². The topological polar surface area (TPSA) is 55.1 Å². The Hall–Kier alpha value is -1.01. The van der Waals surface area contributed by atoms with E-state index in [4.69, 9.17) is 5.10 Å². The van der Waals surface area contributed by atoms with E-state index in [1.165, 1.54) is 50.0 Å². The molecule has 2 atom stereocenters. The zero-order valence-electron chi connectivity index (χ0n) is 12.6. The van der Waals surface area contributed by atoms with E-state index < -0.39 is 0 Å². The molecule has 1 saturated heterocycles. The van der Waals surface area contributed by atoms with Crippen LogP contribution in [0.25, 0.3) is 4.96 Å². The zero-order chi connectivity index (χ0) is 14.2. The van der Waals surface area contributed by atoms with Gasteiger partial charge in [-0.2, -0.15) is 9.61 Å². The zero-order valence-corrected chi connectivity index (χ0v) is 13.4. The lowest BCUT2D eigenvalue weighted by Crippen LogP contribution is -2.32. The normalized spacial score (nSPS) is 28.2. The average molecular weight is 305 g/mol. The Labute approximate surface area is 129 Å². The quantitative estimate of drug-likeness (QED) is 0.925. The van der Waals surface area contributed by atoms with Crippen molar-refractivity contribution in [3.8, 4) is 0 Å². The van der Waals surface area contributed by atoms with E-state index in [1.807, 2.05) is 4.52 Å². The summed E-state index contributed by atoms with van der Waals surface area (Å²) in [6.45, 7) is 3.42. The van der Waals surface area contributed by atoms with Gasteiger partial charge < -0.3 is 5.32 Å². The van der Waals surface area contributed by atoms with Crippen LogP contribution in [-0.2, 0) is 0 Å². The van der Waals surface area contributed by atoms with Crippen LogP contribution in [0.1, 0.15) is 74.7 Å². The van der Waals surface area contributed by atoms with E-state index in [-0.39, 0.29) is 0 Å². The summed E-state index contributed by atoms with van der Waals surface area (Å²) in [6, 6.07) is 0.393. The van der Waals surface area contributed by atoms with Crippen molar-refractivity contribution in [2.24, 2.45) is 5.92 Å². The lowest BCUT2D eigenvalue weighted by atomic mass is 9.89. The molecule has 2 unspecified atom stereocenters. The molecule has 3 heterocycles. The number of hydrogen-bond donors (Lipinski definition) is 1. The molecule has 6 heteroatoms. The molecule has 1 aliphatic carbocycles. The first kappa shape index (κ1) is 13.6. The summed E-state index contributed by atoms with van der Waals surface area (Å²) in [5.41, 5.74) is 0. The smallest absolute Gasteiger partial charge is 0.234 e. The van der Waals surface area contributed by atoms with Gasteiger partial charge in [0.15, 0.2) is 5.82 Å². The first-order chi connectivity index (χ1) is 10.3. The van der Waals surface area contributed by atoms with Crippen LogP contribution in [0.3, 0.4) is 0 Å². The minimum Gasteiger partial charge on any atom is -0.308 e. The first-order valence-electron chi connectivity index (χ1n) is 8.28. The van der Waals surface area contributed by atoms with Gasteiger partial charge in [-0.1, -0.05) is 37.5 Å². The van der Waals surface area contributed by atoms with Crippen molar-refractivity contribution in [1.29, 1.82) is 0 Å². The molecule has 1 aliphatic heterocycles. The Morgan fingerprint density at radius 1 is 1.10 bits per heavy atom. The fraction of sp³-hybridized carbons (Fsp3) is 0.800. The minimum atomic E-state index is 0.393. The predicted molar refractivity (Wildman–Crippen MR) is 83.6 cm³/mol. The number of hydrogen-bond acceptors (Lipinski definition) is 5. The second kappa shape index (κ2) is 5.65. The Kier molecular flexibility index (Phi) is 3.67.